The van der Waals surface area contributed by atoms with Crippen LogP contribution in [-0.2, 0) is 19.2 Å². The molecule has 3 amide bonds. The zero-order valence-corrected chi connectivity index (χ0v) is 10.9. The summed E-state index contributed by atoms with van der Waals surface area (Å²) in [6.45, 7) is -0.456. The van der Waals surface area contributed by atoms with Gasteiger partial charge in [-0.3, -0.25) is 14.4 Å². The molecule has 0 aliphatic carbocycles. The summed E-state index contributed by atoms with van der Waals surface area (Å²) < 4.78 is 0. The molecule has 0 spiro atoms. The number of hydrogen-bond acceptors (Lipinski definition) is 6. The summed E-state index contributed by atoms with van der Waals surface area (Å²) in [4.78, 5) is 43.9. The maximum Gasteiger partial charge on any atom is 0.326 e. The van der Waals surface area contributed by atoms with Gasteiger partial charge >= 0.3 is 5.97 Å². The molecule has 0 aromatic heterocycles. The molecular formula is C9H16N4O5S. The molecule has 0 aliphatic heterocycles. The van der Waals surface area contributed by atoms with Crippen molar-refractivity contribution in [3.8, 4) is 0 Å². The highest BCUT2D eigenvalue weighted by Gasteiger charge is 2.22. The number of carbonyl (C=O) groups excluding carboxylic acids is 3. The van der Waals surface area contributed by atoms with Gasteiger partial charge in [-0.05, 0) is 0 Å². The van der Waals surface area contributed by atoms with Crippen LogP contribution in [0.2, 0.25) is 0 Å². The van der Waals surface area contributed by atoms with E-state index in [1.165, 1.54) is 0 Å². The van der Waals surface area contributed by atoms with Crippen molar-refractivity contribution in [1.29, 1.82) is 0 Å². The Bertz CT molecular complexity index is 376. The van der Waals surface area contributed by atoms with E-state index in [9.17, 15) is 19.2 Å². The standard InChI is InChI=1S/C9H16N4O5S/c10-4(3-19)8(16)12-2-7(15)13-5(9(17)18)1-6(11)14/h4-5,19H,1-3,10H2,(H2,11,14)(H,12,16)(H,13,15)(H,17,18)/t4-,5-/m0/s1. The van der Waals surface area contributed by atoms with Crippen LogP contribution in [0.4, 0.5) is 0 Å². The van der Waals surface area contributed by atoms with Gasteiger partial charge in [0.25, 0.3) is 0 Å². The van der Waals surface area contributed by atoms with Gasteiger partial charge in [0, 0.05) is 5.75 Å². The van der Waals surface area contributed by atoms with Crippen molar-refractivity contribution in [2.75, 3.05) is 12.3 Å². The average molecular weight is 292 g/mol. The topological polar surface area (TPSA) is 165 Å². The van der Waals surface area contributed by atoms with Gasteiger partial charge in [-0.15, -0.1) is 0 Å². The fourth-order valence-electron chi connectivity index (χ4n) is 1.03. The second-order valence-electron chi connectivity index (χ2n) is 3.64. The molecule has 0 aromatic carbocycles. The Morgan fingerprint density at radius 3 is 2.26 bits per heavy atom. The number of nitrogens with one attached hydrogen (secondary N) is 2. The minimum atomic E-state index is -1.43. The zero-order valence-electron chi connectivity index (χ0n) is 9.96. The van der Waals surface area contributed by atoms with Crippen LogP contribution in [0.15, 0.2) is 0 Å². The van der Waals surface area contributed by atoms with Crippen LogP contribution in [0.25, 0.3) is 0 Å². The number of carboxylic acid groups (broad SMARTS) is 1. The fraction of sp³-hybridized carbons (Fsp3) is 0.556. The molecule has 0 radical (unpaired) electrons. The number of primary amides is 1. The Labute approximate surface area is 114 Å². The second-order valence-corrected chi connectivity index (χ2v) is 4.00. The number of nitrogens with two attached hydrogens (primary N) is 2. The third kappa shape index (κ3) is 7.26. The first kappa shape index (κ1) is 17.2. The molecule has 0 aliphatic rings. The molecule has 7 N–H and O–H groups in total. The van der Waals surface area contributed by atoms with E-state index in [2.05, 4.69) is 17.9 Å². The molecule has 2 atom stereocenters. The number of rotatable bonds is 8. The summed E-state index contributed by atoms with van der Waals surface area (Å²) in [5.74, 6) is -3.52. The summed E-state index contributed by atoms with van der Waals surface area (Å²) in [7, 11) is 0. The van der Waals surface area contributed by atoms with E-state index in [0.717, 1.165) is 0 Å². The Hall–Kier alpha value is -1.81. The third-order valence-corrected chi connectivity index (χ3v) is 2.39. The molecule has 0 bridgehead atoms. The maximum absolute atomic E-state index is 11.4. The van der Waals surface area contributed by atoms with E-state index in [0.29, 0.717) is 0 Å². The van der Waals surface area contributed by atoms with Gasteiger partial charge < -0.3 is 27.2 Å². The van der Waals surface area contributed by atoms with E-state index >= 15 is 0 Å². The molecule has 10 heteroatoms. The Morgan fingerprint density at radius 2 is 1.84 bits per heavy atom. The third-order valence-electron chi connectivity index (χ3n) is 2.00. The first-order valence-electron chi connectivity index (χ1n) is 5.22. The minimum absolute atomic E-state index is 0.104. The van der Waals surface area contributed by atoms with E-state index in [1.54, 1.807) is 0 Å². The fourth-order valence-corrected chi connectivity index (χ4v) is 1.19. The summed E-state index contributed by atoms with van der Waals surface area (Å²) in [5, 5.41) is 13.0. The summed E-state index contributed by atoms with van der Waals surface area (Å²) in [5.41, 5.74) is 10.2. The monoisotopic (exact) mass is 292 g/mol. The average Bonchev–Trinajstić information content (AvgIpc) is 2.33. The molecule has 0 saturated heterocycles. The highest BCUT2D eigenvalue weighted by Crippen LogP contribution is 1.91. The van der Waals surface area contributed by atoms with Gasteiger partial charge in [0.05, 0.1) is 19.0 Å². The van der Waals surface area contributed by atoms with Crippen molar-refractivity contribution >= 4 is 36.3 Å². The number of carbonyl (C=O) groups is 4. The Balaban J connectivity index is 4.24. The van der Waals surface area contributed by atoms with Gasteiger partial charge in [-0.1, -0.05) is 0 Å². The smallest absolute Gasteiger partial charge is 0.326 e. The highest BCUT2D eigenvalue weighted by atomic mass is 32.1. The number of carboxylic acids is 1. The summed E-state index contributed by atoms with van der Waals surface area (Å²) in [6.07, 6.45) is -0.537. The van der Waals surface area contributed by atoms with Gasteiger partial charge in [-0.25, -0.2) is 4.79 Å². The van der Waals surface area contributed by atoms with Crippen LogP contribution < -0.4 is 22.1 Å². The van der Waals surface area contributed by atoms with Crippen molar-refractivity contribution in [2.24, 2.45) is 11.5 Å². The number of aliphatic carboxylic acids is 1. The van der Waals surface area contributed by atoms with Gasteiger partial charge in [0.2, 0.25) is 17.7 Å². The second kappa shape index (κ2) is 8.32. The largest absolute Gasteiger partial charge is 0.480 e. The van der Waals surface area contributed by atoms with Crippen LogP contribution in [0.3, 0.4) is 0 Å². The summed E-state index contributed by atoms with van der Waals surface area (Å²) in [6, 6.07) is -2.29. The first-order valence-corrected chi connectivity index (χ1v) is 5.85. The first-order chi connectivity index (χ1) is 8.77. The SMILES string of the molecule is NC(=O)C[C@H](NC(=O)CNC(=O)[C@@H](N)CS)C(=O)O. The molecule has 0 heterocycles. The van der Waals surface area contributed by atoms with Crippen LogP contribution in [-0.4, -0.2) is 53.2 Å². The Morgan fingerprint density at radius 1 is 1.26 bits per heavy atom. The predicted molar refractivity (Wildman–Crippen MR) is 68.2 cm³/mol. The van der Waals surface area contributed by atoms with Crippen LogP contribution in [0, 0.1) is 0 Å². The lowest BCUT2D eigenvalue weighted by molar-refractivity contribution is -0.143. The van der Waals surface area contributed by atoms with Crippen molar-refractivity contribution in [1.82, 2.24) is 10.6 Å². The normalized spacial score (nSPS) is 13.2. The lowest BCUT2D eigenvalue weighted by Gasteiger charge is -2.14. The molecule has 0 rings (SSSR count). The molecule has 0 unspecified atom stereocenters. The van der Waals surface area contributed by atoms with E-state index in [1.807, 2.05) is 5.32 Å². The van der Waals surface area contributed by atoms with Crippen LogP contribution >= 0.6 is 12.6 Å². The van der Waals surface area contributed by atoms with E-state index in [4.69, 9.17) is 16.6 Å². The number of hydrogen-bond donors (Lipinski definition) is 6. The molecular weight excluding hydrogens is 276 g/mol. The molecule has 0 saturated carbocycles. The quantitative estimate of drug-likeness (QED) is 0.258. The molecule has 0 aromatic rings. The van der Waals surface area contributed by atoms with E-state index in [-0.39, 0.29) is 5.75 Å². The van der Waals surface area contributed by atoms with Gasteiger partial charge in [0.1, 0.15) is 6.04 Å². The molecule has 0 fully saturated rings. The summed E-state index contributed by atoms with van der Waals surface area (Å²) >= 11 is 3.80. The lowest BCUT2D eigenvalue weighted by Crippen LogP contribution is -2.49. The van der Waals surface area contributed by atoms with E-state index < -0.39 is 48.7 Å². The number of amides is 3. The van der Waals surface area contributed by atoms with Crippen molar-refractivity contribution < 1.29 is 24.3 Å². The van der Waals surface area contributed by atoms with Gasteiger partial charge in [0.15, 0.2) is 0 Å². The highest BCUT2D eigenvalue weighted by molar-refractivity contribution is 7.80. The number of thiol groups is 1. The van der Waals surface area contributed by atoms with Crippen molar-refractivity contribution in [2.45, 2.75) is 18.5 Å². The molecule has 108 valence electrons. The Kier molecular flexibility index (Phi) is 7.53. The zero-order chi connectivity index (χ0) is 15.0. The predicted octanol–water partition coefficient (Wildman–Crippen LogP) is -3.20. The van der Waals surface area contributed by atoms with Crippen molar-refractivity contribution in [3.05, 3.63) is 0 Å². The van der Waals surface area contributed by atoms with Crippen LogP contribution in [0.5, 0.6) is 0 Å². The molecule has 9 nitrogen and oxygen atoms in total. The van der Waals surface area contributed by atoms with Gasteiger partial charge in [-0.2, -0.15) is 12.6 Å². The molecule has 19 heavy (non-hydrogen) atoms. The maximum atomic E-state index is 11.4. The lowest BCUT2D eigenvalue weighted by atomic mass is 10.2. The van der Waals surface area contributed by atoms with Crippen molar-refractivity contribution in [3.63, 3.8) is 0 Å². The van der Waals surface area contributed by atoms with Crippen LogP contribution in [0.1, 0.15) is 6.42 Å². The minimum Gasteiger partial charge on any atom is -0.480 e.